The highest BCUT2D eigenvalue weighted by Crippen LogP contribution is 2.57. The Kier molecular flexibility index (Phi) is 5.34. The molecule has 0 aromatic heterocycles. The summed E-state index contributed by atoms with van der Waals surface area (Å²) in [4.78, 5) is 10.4. The number of fused-ring (bicyclic) bond motifs is 6. The van der Waals surface area contributed by atoms with E-state index in [1.165, 1.54) is 44.5 Å². The second-order valence-electron chi connectivity index (χ2n) is 9.12. The summed E-state index contributed by atoms with van der Waals surface area (Å²) >= 11 is 0. The Morgan fingerprint density at radius 2 is 1.75 bits per heavy atom. The SMILES string of the molecule is C=C1CC2(c3ccccc3Cc3cc(O)ccc32)c2ccc(CCCCCNC=O)cc21. The third-order valence-electron chi connectivity index (χ3n) is 7.18. The average Bonchev–Trinajstić information content (AvgIpc) is 3.08. The van der Waals surface area contributed by atoms with Gasteiger partial charge in [0.05, 0.1) is 5.41 Å². The number of carbonyl (C=O) groups excluding carboxylic acids is 1. The summed E-state index contributed by atoms with van der Waals surface area (Å²) in [6, 6.07) is 21.5. The van der Waals surface area contributed by atoms with Gasteiger partial charge in [0.25, 0.3) is 0 Å². The lowest BCUT2D eigenvalue weighted by molar-refractivity contribution is -0.109. The molecule has 5 rings (SSSR count). The molecular weight excluding hydrogens is 394 g/mol. The van der Waals surface area contributed by atoms with Crippen molar-refractivity contribution >= 4 is 12.0 Å². The minimum absolute atomic E-state index is 0.233. The average molecular weight is 424 g/mol. The number of allylic oxidation sites excluding steroid dienone is 1. The zero-order valence-electron chi connectivity index (χ0n) is 18.4. The molecule has 3 aromatic carbocycles. The Hall–Kier alpha value is -3.33. The molecule has 2 N–H and O–H groups in total. The molecule has 0 bridgehead atoms. The molecule has 0 saturated carbocycles. The number of phenols is 1. The van der Waals surface area contributed by atoms with E-state index >= 15 is 0 Å². The number of hydrogen-bond donors (Lipinski definition) is 2. The van der Waals surface area contributed by atoms with Gasteiger partial charge < -0.3 is 10.4 Å². The van der Waals surface area contributed by atoms with Crippen molar-refractivity contribution in [2.45, 2.75) is 43.9 Å². The summed E-state index contributed by atoms with van der Waals surface area (Å²) in [5, 5.41) is 12.9. The van der Waals surface area contributed by atoms with E-state index in [0.29, 0.717) is 5.75 Å². The van der Waals surface area contributed by atoms with E-state index in [0.717, 1.165) is 51.5 Å². The summed E-state index contributed by atoms with van der Waals surface area (Å²) in [5.74, 6) is 0.328. The Balaban J connectivity index is 1.52. The number of aromatic hydroxyl groups is 1. The smallest absolute Gasteiger partial charge is 0.207 e. The second-order valence-corrected chi connectivity index (χ2v) is 9.12. The molecule has 1 atom stereocenters. The van der Waals surface area contributed by atoms with Crippen molar-refractivity contribution in [2.75, 3.05) is 6.54 Å². The van der Waals surface area contributed by atoms with E-state index < -0.39 is 0 Å². The fourth-order valence-electron chi connectivity index (χ4n) is 5.78. The van der Waals surface area contributed by atoms with Gasteiger partial charge >= 0.3 is 0 Å². The second kappa shape index (κ2) is 8.31. The van der Waals surface area contributed by atoms with Gasteiger partial charge in [-0.1, -0.05) is 61.5 Å². The molecule has 0 aliphatic heterocycles. The number of amides is 1. The first kappa shape index (κ1) is 20.6. The van der Waals surface area contributed by atoms with Crippen molar-refractivity contribution in [3.63, 3.8) is 0 Å². The summed E-state index contributed by atoms with van der Waals surface area (Å²) in [7, 11) is 0. The normalized spacial score (nSPS) is 18.2. The summed E-state index contributed by atoms with van der Waals surface area (Å²) in [6.07, 6.45) is 6.76. The molecule has 3 aromatic rings. The van der Waals surface area contributed by atoms with Gasteiger partial charge in [-0.05, 0) is 88.8 Å². The summed E-state index contributed by atoms with van der Waals surface area (Å²) in [6.45, 7) is 5.24. The molecule has 1 amide bonds. The van der Waals surface area contributed by atoms with Gasteiger partial charge in [0.2, 0.25) is 6.41 Å². The number of carbonyl (C=O) groups is 1. The minimum Gasteiger partial charge on any atom is -0.508 e. The van der Waals surface area contributed by atoms with Crippen molar-refractivity contribution in [3.8, 4) is 5.75 Å². The van der Waals surface area contributed by atoms with E-state index in [4.69, 9.17) is 0 Å². The quantitative estimate of drug-likeness (QED) is 0.389. The van der Waals surface area contributed by atoms with Crippen LogP contribution in [0.1, 0.15) is 64.6 Å². The molecule has 3 nitrogen and oxygen atoms in total. The van der Waals surface area contributed by atoms with Crippen LogP contribution in [0.5, 0.6) is 5.75 Å². The van der Waals surface area contributed by atoms with Crippen LogP contribution in [-0.4, -0.2) is 18.1 Å². The third-order valence-corrected chi connectivity index (χ3v) is 7.18. The Morgan fingerprint density at radius 1 is 0.938 bits per heavy atom. The van der Waals surface area contributed by atoms with Gasteiger partial charge in [-0.3, -0.25) is 4.79 Å². The number of benzene rings is 3. The first-order chi connectivity index (χ1) is 15.6. The third kappa shape index (κ3) is 3.33. The maximum atomic E-state index is 10.4. The Bertz CT molecular complexity index is 1200. The highest BCUT2D eigenvalue weighted by atomic mass is 16.3. The van der Waals surface area contributed by atoms with Gasteiger partial charge in [0.15, 0.2) is 0 Å². The van der Waals surface area contributed by atoms with Gasteiger partial charge in [-0.15, -0.1) is 0 Å². The monoisotopic (exact) mass is 423 g/mol. The molecule has 2 aliphatic rings. The molecule has 0 radical (unpaired) electrons. The molecule has 1 spiro atoms. The molecule has 0 fully saturated rings. The van der Waals surface area contributed by atoms with Crippen LogP contribution in [0.25, 0.3) is 5.57 Å². The largest absolute Gasteiger partial charge is 0.508 e. The van der Waals surface area contributed by atoms with Crippen LogP contribution in [-0.2, 0) is 23.1 Å². The molecule has 0 heterocycles. The minimum atomic E-state index is -0.233. The number of phenolic OH excluding ortho intramolecular Hbond substituents is 1. The van der Waals surface area contributed by atoms with Gasteiger partial charge in [0, 0.05) is 6.54 Å². The first-order valence-corrected chi connectivity index (χ1v) is 11.5. The van der Waals surface area contributed by atoms with Crippen LogP contribution in [0.2, 0.25) is 0 Å². The van der Waals surface area contributed by atoms with Crippen LogP contribution in [0.4, 0.5) is 0 Å². The molecule has 2 aliphatic carbocycles. The van der Waals surface area contributed by atoms with Gasteiger partial charge in [0.1, 0.15) is 5.75 Å². The zero-order valence-corrected chi connectivity index (χ0v) is 18.4. The van der Waals surface area contributed by atoms with E-state index in [9.17, 15) is 9.90 Å². The molecule has 0 saturated heterocycles. The van der Waals surface area contributed by atoms with Crippen molar-refractivity contribution in [3.05, 3.63) is 106 Å². The standard InChI is InChI=1S/C29H29NO2/c1-20-18-29(28-12-10-21(15-25(20)28)7-3-2-6-14-30-19-31)26-9-5-4-8-22(26)16-23-17-24(32)11-13-27(23)29/h4-5,8-13,15,17,19,32H,1-3,6-7,14,16,18H2,(H,30,31). The van der Waals surface area contributed by atoms with Crippen molar-refractivity contribution < 1.29 is 9.90 Å². The fourth-order valence-corrected chi connectivity index (χ4v) is 5.78. The maximum Gasteiger partial charge on any atom is 0.207 e. The lowest BCUT2D eigenvalue weighted by atomic mass is 9.63. The van der Waals surface area contributed by atoms with Gasteiger partial charge in [-0.25, -0.2) is 0 Å². The molecule has 162 valence electrons. The maximum absolute atomic E-state index is 10.4. The summed E-state index contributed by atoms with van der Waals surface area (Å²) < 4.78 is 0. The Labute approximate surface area is 189 Å². The number of nitrogens with one attached hydrogen (secondary N) is 1. The fraction of sp³-hybridized carbons (Fsp3) is 0.276. The van der Waals surface area contributed by atoms with E-state index in [2.05, 4.69) is 60.4 Å². The zero-order chi connectivity index (χ0) is 22.1. The van der Waals surface area contributed by atoms with E-state index in [1.54, 1.807) is 0 Å². The molecule has 32 heavy (non-hydrogen) atoms. The van der Waals surface area contributed by atoms with Crippen LogP contribution < -0.4 is 5.32 Å². The number of hydrogen-bond acceptors (Lipinski definition) is 2. The van der Waals surface area contributed by atoms with Crippen molar-refractivity contribution in [1.82, 2.24) is 5.32 Å². The highest BCUT2D eigenvalue weighted by molar-refractivity contribution is 5.81. The lowest BCUT2D eigenvalue weighted by Gasteiger charge is -2.39. The molecule has 1 unspecified atom stereocenters. The number of aryl methyl sites for hydroxylation is 1. The predicted octanol–water partition coefficient (Wildman–Crippen LogP) is 5.51. The van der Waals surface area contributed by atoms with Crippen molar-refractivity contribution in [2.24, 2.45) is 0 Å². The van der Waals surface area contributed by atoms with Crippen molar-refractivity contribution in [1.29, 1.82) is 0 Å². The number of rotatable bonds is 7. The Morgan fingerprint density at radius 3 is 2.62 bits per heavy atom. The highest BCUT2D eigenvalue weighted by Gasteiger charge is 2.47. The lowest BCUT2D eigenvalue weighted by Crippen LogP contribution is -2.32. The first-order valence-electron chi connectivity index (χ1n) is 11.5. The number of unbranched alkanes of at least 4 members (excludes halogenated alkanes) is 2. The van der Waals surface area contributed by atoms with E-state index in [-0.39, 0.29) is 5.41 Å². The predicted molar refractivity (Wildman–Crippen MR) is 129 cm³/mol. The van der Waals surface area contributed by atoms with Crippen LogP contribution in [0.15, 0.2) is 67.2 Å². The van der Waals surface area contributed by atoms with E-state index in [1.807, 2.05) is 12.1 Å². The van der Waals surface area contributed by atoms with Gasteiger partial charge in [-0.2, -0.15) is 0 Å². The van der Waals surface area contributed by atoms with Crippen LogP contribution in [0, 0.1) is 0 Å². The van der Waals surface area contributed by atoms with Crippen LogP contribution in [0.3, 0.4) is 0 Å². The molecular formula is C29H29NO2. The summed E-state index contributed by atoms with van der Waals surface area (Å²) in [5.41, 5.74) is 10.1. The van der Waals surface area contributed by atoms with Crippen LogP contribution >= 0.6 is 0 Å². The molecule has 3 heteroatoms. The topological polar surface area (TPSA) is 49.3 Å².